The third-order valence-corrected chi connectivity index (χ3v) is 3.60. The minimum absolute atomic E-state index is 0.303. The van der Waals surface area contributed by atoms with Crippen molar-refractivity contribution in [2.24, 2.45) is 0 Å². The second kappa shape index (κ2) is 6.75. The fraction of sp³-hybridized carbons (Fsp3) is 0.133. The summed E-state index contributed by atoms with van der Waals surface area (Å²) >= 11 is 12.0. The molecule has 0 saturated carbocycles. The number of halogens is 2. The number of ether oxygens (including phenoxy) is 1. The van der Waals surface area contributed by atoms with Gasteiger partial charge in [-0.15, -0.1) is 0 Å². The average molecular weight is 310 g/mol. The average Bonchev–Trinajstić information content (AvgIpc) is 2.46. The maximum Gasteiger partial charge on any atom is 0.258 e. The number of hydrogen-bond acceptors (Lipinski definition) is 2. The molecule has 3 nitrogen and oxygen atoms in total. The Hall–Kier alpha value is -1.55. The lowest BCUT2D eigenvalue weighted by molar-refractivity contribution is -0.126. The molecule has 1 amide bonds. The van der Waals surface area contributed by atoms with Crippen molar-refractivity contribution in [2.45, 2.75) is 6.10 Å². The largest absolute Gasteiger partial charge is 0.367 e. The molecule has 2 aromatic carbocycles. The maximum atomic E-state index is 12.3. The molecular formula is C15H13Cl2NO2. The number of rotatable bonds is 4. The van der Waals surface area contributed by atoms with E-state index in [0.29, 0.717) is 15.7 Å². The van der Waals surface area contributed by atoms with Crippen molar-refractivity contribution in [3.63, 3.8) is 0 Å². The predicted octanol–water partition coefficient (Wildman–Crippen LogP) is 4.32. The lowest BCUT2D eigenvalue weighted by Crippen LogP contribution is -2.22. The highest BCUT2D eigenvalue weighted by atomic mass is 35.5. The first-order valence-corrected chi connectivity index (χ1v) is 6.71. The van der Waals surface area contributed by atoms with Crippen LogP contribution in [0.25, 0.3) is 0 Å². The fourth-order valence-electron chi connectivity index (χ4n) is 1.82. The lowest BCUT2D eigenvalue weighted by atomic mass is 10.1. The minimum atomic E-state index is -0.703. The Morgan fingerprint density at radius 1 is 1.10 bits per heavy atom. The summed E-state index contributed by atoms with van der Waals surface area (Å²) < 4.78 is 5.25. The van der Waals surface area contributed by atoms with Gasteiger partial charge in [0.2, 0.25) is 0 Å². The van der Waals surface area contributed by atoms with Crippen LogP contribution in [0.3, 0.4) is 0 Å². The van der Waals surface area contributed by atoms with Crippen LogP contribution in [0, 0.1) is 0 Å². The maximum absolute atomic E-state index is 12.3. The van der Waals surface area contributed by atoms with Crippen LogP contribution in [0.4, 0.5) is 5.69 Å². The smallest absolute Gasteiger partial charge is 0.258 e. The molecule has 20 heavy (non-hydrogen) atoms. The molecule has 5 heteroatoms. The molecule has 0 spiro atoms. The second-order valence-electron chi connectivity index (χ2n) is 4.12. The summed E-state index contributed by atoms with van der Waals surface area (Å²) in [5.41, 5.74) is 1.23. The molecule has 0 heterocycles. The normalized spacial score (nSPS) is 11.9. The number of benzene rings is 2. The van der Waals surface area contributed by atoms with Gasteiger partial charge in [0.15, 0.2) is 6.10 Å². The number of hydrogen-bond donors (Lipinski definition) is 1. The van der Waals surface area contributed by atoms with E-state index in [4.69, 9.17) is 27.9 Å². The number of amides is 1. The summed E-state index contributed by atoms with van der Waals surface area (Å²) in [6.45, 7) is 0. The Bertz CT molecular complexity index is 602. The molecule has 2 aromatic rings. The van der Waals surface area contributed by atoms with Gasteiger partial charge in [0.1, 0.15) is 0 Å². The van der Waals surface area contributed by atoms with E-state index in [9.17, 15) is 4.79 Å². The Morgan fingerprint density at radius 2 is 1.80 bits per heavy atom. The van der Waals surface area contributed by atoms with Gasteiger partial charge >= 0.3 is 0 Å². The van der Waals surface area contributed by atoms with Crippen LogP contribution < -0.4 is 5.32 Å². The number of carbonyl (C=O) groups excluding carboxylic acids is 1. The molecule has 1 unspecified atom stereocenters. The highest BCUT2D eigenvalue weighted by molar-refractivity contribution is 6.44. The van der Waals surface area contributed by atoms with Crippen molar-refractivity contribution < 1.29 is 9.53 Å². The zero-order chi connectivity index (χ0) is 14.5. The van der Waals surface area contributed by atoms with Gasteiger partial charge < -0.3 is 10.1 Å². The van der Waals surface area contributed by atoms with Crippen LogP contribution >= 0.6 is 23.2 Å². The standard InChI is InChI=1S/C15H13Cl2NO2/c1-20-14(10-6-3-2-4-7-10)15(19)18-12-9-5-8-11(16)13(12)17/h2-9,14H,1H3,(H,18,19). The second-order valence-corrected chi connectivity index (χ2v) is 4.90. The summed E-state index contributed by atoms with van der Waals surface area (Å²) in [6.07, 6.45) is -0.703. The molecule has 0 radical (unpaired) electrons. The lowest BCUT2D eigenvalue weighted by Gasteiger charge is -2.16. The van der Waals surface area contributed by atoms with E-state index in [1.807, 2.05) is 30.3 Å². The van der Waals surface area contributed by atoms with Crippen molar-refractivity contribution in [3.8, 4) is 0 Å². The van der Waals surface area contributed by atoms with Crippen LogP contribution in [0.15, 0.2) is 48.5 Å². The van der Waals surface area contributed by atoms with Crippen LogP contribution in [-0.4, -0.2) is 13.0 Å². The first kappa shape index (κ1) is 14.9. The Balaban J connectivity index is 2.20. The highest BCUT2D eigenvalue weighted by Crippen LogP contribution is 2.30. The van der Waals surface area contributed by atoms with Gasteiger partial charge in [0.25, 0.3) is 5.91 Å². The van der Waals surface area contributed by atoms with Gasteiger partial charge in [0.05, 0.1) is 15.7 Å². The van der Waals surface area contributed by atoms with Crippen molar-refractivity contribution in [1.82, 2.24) is 0 Å². The van der Waals surface area contributed by atoms with E-state index in [0.717, 1.165) is 5.56 Å². The van der Waals surface area contributed by atoms with E-state index in [1.165, 1.54) is 7.11 Å². The number of carbonyl (C=O) groups is 1. The van der Waals surface area contributed by atoms with E-state index in [-0.39, 0.29) is 5.91 Å². The molecule has 0 aliphatic carbocycles. The third-order valence-electron chi connectivity index (χ3n) is 2.79. The first-order chi connectivity index (χ1) is 9.63. The molecule has 1 N–H and O–H groups in total. The number of methoxy groups -OCH3 is 1. The van der Waals surface area contributed by atoms with Crippen molar-refractivity contribution in [1.29, 1.82) is 0 Å². The molecule has 0 aromatic heterocycles. The van der Waals surface area contributed by atoms with Crippen LogP contribution in [0.2, 0.25) is 10.0 Å². The predicted molar refractivity (Wildman–Crippen MR) is 81.3 cm³/mol. The summed E-state index contributed by atoms with van der Waals surface area (Å²) in [4.78, 5) is 12.3. The van der Waals surface area contributed by atoms with Gasteiger partial charge in [-0.2, -0.15) is 0 Å². The molecule has 0 saturated heterocycles. The summed E-state index contributed by atoms with van der Waals surface area (Å²) in [6, 6.07) is 14.3. The SMILES string of the molecule is COC(C(=O)Nc1cccc(Cl)c1Cl)c1ccccc1. The van der Waals surface area contributed by atoms with Gasteiger partial charge in [-0.05, 0) is 17.7 Å². The molecule has 0 aliphatic rings. The van der Waals surface area contributed by atoms with Crippen LogP contribution in [0.5, 0.6) is 0 Å². The van der Waals surface area contributed by atoms with Gasteiger partial charge in [-0.1, -0.05) is 59.6 Å². The van der Waals surface area contributed by atoms with E-state index in [2.05, 4.69) is 5.32 Å². The summed E-state index contributed by atoms with van der Waals surface area (Å²) in [5, 5.41) is 3.42. The Kier molecular flexibility index (Phi) is 5.01. The zero-order valence-electron chi connectivity index (χ0n) is 10.8. The molecule has 1 atom stereocenters. The Morgan fingerprint density at radius 3 is 2.45 bits per heavy atom. The molecule has 104 valence electrons. The quantitative estimate of drug-likeness (QED) is 0.913. The first-order valence-electron chi connectivity index (χ1n) is 5.96. The van der Waals surface area contributed by atoms with Crippen molar-refractivity contribution in [3.05, 3.63) is 64.1 Å². The molecule has 0 bridgehead atoms. The highest BCUT2D eigenvalue weighted by Gasteiger charge is 2.20. The molecule has 0 aliphatic heterocycles. The van der Waals surface area contributed by atoms with Gasteiger partial charge in [-0.25, -0.2) is 0 Å². The van der Waals surface area contributed by atoms with Gasteiger partial charge in [-0.3, -0.25) is 4.79 Å². The van der Waals surface area contributed by atoms with Crippen LogP contribution in [-0.2, 0) is 9.53 Å². The third kappa shape index (κ3) is 3.31. The fourth-order valence-corrected chi connectivity index (χ4v) is 2.17. The van der Waals surface area contributed by atoms with Crippen molar-refractivity contribution in [2.75, 3.05) is 12.4 Å². The van der Waals surface area contributed by atoms with Crippen molar-refractivity contribution >= 4 is 34.8 Å². The zero-order valence-corrected chi connectivity index (χ0v) is 12.3. The van der Waals surface area contributed by atoms with Gasteiger partial charge in [0, 0.05) is 7.11 Å². The van der Waals surface area contributed by atoms with Crippen LogP contribution in [0.1, 0.15) is 11.7 Å². The van der Waals surface area contributed by atoms with E-state index < -0.39 is 6.10 Å². The van der Waals surface area contributed by atoms with E-state index >= 15 is 0 Å². The topological polar surface area (TPSA) is 38.3 Å². The Labute approximate surface area is 127 Å². The molecule has 2 rings (SSSR count). The minimum Gasteiger partial charge on any atom is -0.367 e. The van der Waals surface area contributed by atoms with E-state index in [1.54, 1.807) is 18.2 Å². The molecular weight excluding hydrogens is 297 g/mol. The number of anilines is 1. The monoisotopic (exact) mass is 309 g/mol. The number of nitrogens with one attached hydrogen (secondary N) is 1. The summed E-state index contributed by atoms with van der Waals surface area (Å²) in [7, 11) is 1.48. The summed E-state index contributed by atoms with van der Waals surface area (Å²) in [5.74, 6) is -0.303. The molecule has 0 fully saturated rings.